The third kappa shape index (κ3) is 3.63. The van der Waals surface area contributed by atoms with Gasteiger partial charge in [0.05, 0.1) is 13.7 Å². The Morgan fingerprint density at radius 1 is 1.24 bits per heavy atom. The SMILES string of the molecule is COc1ccccc1OCC[C@@H]1CCCCN1. The highest BCUT2D eigenvalue weighted by Crippen LogP contribution is 2.26. The molecule has 1 fully saturated rings. The maximum Gasteiger partial charge on any atom is 0.161 e. The van der Waals surface area contributed by atoms with Gasteiger partial charge in [-0.15, -0.1) is 0 Å². The zero-order valence-electron chi connectivity index (χ0n) is 10.4. The number of nitrogens with one attached hydrogen (secondary N) is 1. The monoisotopic (exact) mass is 235 g/mol. The van der Waals surface area contributed by atoms with Gasteiger partial charge in [0.1, 0.15) is 0 Å². The minimum Gasteiger partial charge on any atom is -0.493 e. The molecule has 0 radical (unpaired) electrons. The van der Waals surface area contributed by atoms with E-state index in [2.05, 4.69) is 5.32 Å². The zero-order chi connectivity index (χ0) is 11.9. The smallest absolute Gasteiger partial charge is 0.161 e. The minimum atomic E-state index is 0.624. The highest BCUT2D eigenvalue weighted by molar-refractivity contribution is 5.39. The van der Waals surface area contributed by atoms with Crippen LogP contribution >= 0.6 is 0 Å². The Bertz CT molecular complexity index is 335. The van der Waals surface area contributed by atoms with Crippen molar-refractivity contribution < 1.29 is 9.47 Å². The van der Waals surface area contributed by atoms with E-state index in [9.17, 15) is 0 Å². The second-order valence-electron chi connectivity index (χ2n) is 4.43. The van der Waals surface area contributed by atoms with E-state index in [4.69, 9.17) is 9.47 Å². The molecule has 1 heterocycles. The molecule has 1 saturated heterocycles. The van der Waals surface area contributed by atoms with E-state index in [1.165, 1.54) is 19.3 Å². The van der Waals surface area contributed by atoms with Crippen molar-refractivity contribution in [3.63, 3.8) is 0 Å². The molecule has 0 unspecified atom stereocenters. The van der Waals surface area contributed by atoms with Gasteiger partial charge in [-0.05, 0) is 37.9 Å². The molecular weight excluding hydrogens is 214 g/mol. The van der Waals surface area contributed by atoms with Crippen molar-refractivity contribution in [1.29, 1.82) is 0 Å². The molecule has 1 aromatic carbocycles. The second-order valence-corrected chi connectivity index (χ2v) is 4.43. The fourth-order valence-corrected chi connectivity index (χ4v) is 2.22. The first-order valence-electron chi connectivity index (χ1n) is 6.39. The van der Waals surface area contributed by atoms with E-state index in [0.717, 1.165) is 31.1 Å². The quantitative estimate of drug-likeness (QED) is 0.851. The highest BCUT2D eigenvalue weighted by Gasteiger charge is 2.12. The fraction of sp³-hybridized carbons (Fsp3) is 0.571. The third-order valence-electron chi connectivity index (χ3n) is 3.21. The predicted molar refractivity (Wildman–Crippen MR) is 68.7 cm³/mol. The van der Waals surface area contributed by atoms with Crippen LogP contribution in [0.1, 0.15) is 25.7 Å². The predicted octanol–water partition coefficient (Wildman–Crippen LogP) is 2.61. The molecule has 3 nitrogen and oxygen atoms in total. The Kier molecular flexibility index (Phi) is 4.68. The van der Waals surface area contributed by atoms with E-state index >= 15 is 0 Å². The molecule has 0 aliphatic carbocycles. The number of hydrogen-bond donors (Lipinski definition) is 1. The molecule has 0 saturated carbocycles. The molecule has 0 amide bonds. The summed E-state index contributed by atoms with van der Waals surface area (Å²) in [6.45, 7) is 1.90. The maximum absolute atomic E-state index is 5.77. The number of piperidine rings is 1. The lowest BCUT2D eigenvalue weighted by molar-refractivity contribution is 0.257. The molecule has 0 bridgehead atoms. The molecule has 1 aliphatic heterocycles. The van der Waals surface area contributed by atoms with E-state index in [0.29, 0.717) is 6.04 Å². The van der Waals surface area contributed by atoms with Gasteiger partial charge in [-0.1, -0.05) is 18.6 Å². The standard InChI is InChI=1S/C14H21NO2/c1-16-13-7-2-3-8-14(13)17-11-9-12-6-4-5-10-15-12/h2-3,7-8,12,15H,4-6,9-11H2,1H3/t12-/m0/s1. The number of rotatable bonds is 5. The Labute approximate surface area is 103 Å². The number of hydrogen-bond acceptors (Lipinski definition) is 3. The summed E-state index contributed by atoms with van der Waals surface area (Å²) in [5.74, 6) is 1.65. The molecule has 1 N–H and O–H groups in total. The van der Waals surface area contributed by atoms with Gasteiger partial charge in [0.15, 0.2) is 11.5 Å². The van der Waals surface area contributed by atoms with E-state index < -0.39 is 0 Å². The van der Waals surface area contributed by atoms with Crippen molar-refractivity contribution in [3.8, 4) is 11.5 Å². The maximum atomic E-state index is 5.77. The van der Waals surface area contributed by atoms with Crippen molar-refractivity contribution in [3.05, 3.63) is 24.3 Å². The molecule has 1 aliphatic rings. The lowest BCUT2D eigenvalue weighted by Crippen LogP contribution is -2.35. The summed E-state index contributed by atoms with van der Waals surface area (Å²) in [4.78, 5) is 0. The Morgan fingerprint density at radius 3 is 2.76 bits per heavy atom. The molecule has 17 heavy (non-hydrogen) atoms. The molecule has 2 rings (SSSR count). The van der Waals surface area contributed by atoms with Crippen molar-refractivity contribution in [2.45, 2.75) is 31.7 Å². The van der Waals surface area contributed by atoms with Crippen LogP contribution in [0.25, 0.3) is 0 Å². The van der Waals surface area contributed by atoms with Crippen LogP contribution in [-0.2, 0) is 0 Å². The van der Waals surface area contributed by atoms with Crippen molar-refractivity contribution in [1.82, 2.24) is 5.32 Å². The lowest BCUT2D eigenvalue weighted by atomic mass is 10.0. The fourth-order valence-electron chi connectivity index (χ4n) is 2.22. The first-order chi connectivity index (χ1) is 8.40. The van der Waals surface area contributed by atoms with E-state index in [-0.39, 0.29) is 0 Å². The number of ether oxygens (including phenoxy) is 2. The normalized spacial score (nSPS) is 19.9. The summed E-state index contributed by atoms with van der Waals surface area (Å²) < 4.78 is 11.0. The summed E-state index contributed by atoms with van der Waals surface area (Å²) in [6.07, 6.45) is 4.99. The summed E-state index contributed by atoms with van der Waals surface area (Å²) in [6, 6.07) is 8.42. The minimum absolute atomic E-state index is 0.624. The molecule has 1 atom stereocenters. The van der Waals surface area contributed by atoms with Crippen LogP contribution in [0.4, 0.5) is 0 Å². The molecular formula is C14H21NO2. The number of benzene rings is 1. The van der Waals surface area contributed by atoms with Crippen molar-refractivity contribution in [2.75, 3.05) is 20.3 Å². The average Bonchev–Trinajstić information content (AvgIpc) is 2.40. The Hall–Kier alpha value is -1.22. The van der Waals surface area contributed by atoms with Crippen LogP contribution in [0.2, 0.25) is 0 Å². The molecule has 0 aromatic heterocycles. The molecule has 3 heteroatoms. The summed E-state index contributed by atoms with van der Waals surface area (Å²) in [5, 5.41) is 3.52. The first kappa shape index (κ1) is 12.2. The largest absolute Gasteiger partial charge is 0.493 e. The van der Waals surface area contributed by atoms with E-state index in [1.807, 2.05) is 24.3 Å². The Balaban J connectivity index is 1.77. The topological polar surface area (TPSA) is 30.5 Å². The van der Waals surface area contributed by atoms with Gasteiger partial charge < -0.3 is 14.8 Å². The van der Waals surface area contributed by atoms with Crippen LogP contribution in [0, 0.1) is 0 Å². The van der Waals surface area contributed by atoms with Gasteiger partial charge in [0, 0.05) is 6.04 Å². The van der Waals surface area contributed by atoms with Crippen LogP contribution in [-0.4, -0.2) is 26.3 Å². The van der Waals surface area contributed by atoms with Gasteiger partial charge in [-0.25, -0.2) is 0 Å². The van der Waals surface area contributed by atoms with Crippen molar-refractivity contribution >= 4 is 0 Å². The van der Waals surface area contributed by atoms with Gasteiger partial charge in [-0.3, -0.25) is 0 Å². The van der Waals surface area contributed by atoms with E-state index in [1.54, 1.807) is 7.11 Å². The molecule has 0 spiro atoms. The van der Waals surface area contributed by atoms with Crippen LogP contribution in [0.15, 0.2) is 24.3 Å². The van der Waals surface area contributed by atoms with Gasteiger partial charge in [0.2, 0.25) is 0 Å². The summed E-state index contributed by atoms with van der Waals surface area (Å²) in [5.41, 5.74) is 0. The zero-order valence-corrected chi connectivity index (χ0v) is 10.4. The lowest BCUT2D eigenvalue weighted by Gasteiger charge is -2.23. The summed E-state index contributed by atoms with van der Waals surface area (Å²) >= 11 is 0. The van der Waals surface area contributed by atoms with Crippen LogP contribution in [0.3, 0.4) is 0 Å². The van der Waals surface area contributed by atoms with Crippen LogP contribution in [0.5, 0.6) is 11.5 Å². The second kappa shape index (κ2) is 6.50. The van der Waals surface area contributed by atoms with Crippen LogP contribution < -0.4 is 14.8 Å². The summed E-state index contributed by atoms with van der Waals surface area (Å²) in [7, 11) is 1.67. The average molecular weight is 235 g/mol. The van der Waals surface area contributed by atoms with Gasteiger partial charge in [-0.2, -0.15) is 0 Å². The number of para-hydroxylation sites is 2. The first-order valence-corrected chi connectivity index (χ1v) is 6.39. The number of methoxy groups -OCH3 is 1. The molecule has 94 valence electrons. The van der Waals surface area contributed by atoms with Crippen molar-refractivity contribution in [2.24, 2.45) is 0 Å². The molecule has 1 aromatic rings. The van der Waals surface area contributed by atoms with Gasteiger partial charge in [0.25, 0.3) is 0 Å². The van der Waals surface area contributed by atoms with Gasteiger partial charge >= 0.3 is 0 Å². The third-order valence-corrected chi connectivity index (χ3v) is 3.21. The highest BCUT2D eigenvalue weighted by atomic mass is 16.5. The Morgan fingerprint density at radius 2 is 2.06 bits per heavy atom.